The molecule has 2 N–H and O–H groups in total. The summed E-state index contributed by atoms with van der Waals surface area (Å²) < 4.78 is 39.9. The number of halogens is 2. The van der Waals surface area contributed by atoms with E-state index in [9.17, 15) is 13.6 Å². The summed E-state index contributed by atoms with van der Waals surface area (Å²) in [7, 11) is 1.39. The molecule has 4 aromatic rings. The number of ether oxygens (including phenoxy) is 2. The number of H-pyrrole nitrogens is 1. The van der Waals surface area contributed by atoms with Crippen molar-refractivity contribution in [1.82, 2.24) is 19.9 Å². The Hall–Kier alpha value is -3.92. The number of hydrogen-bond acceptors (Lipinski definition) is 7. The topological polar surface area (TPSA) is 102 Å². The van der Waals surface area contributed by atoms with Gasteiger partial charge in [0.05, 0.1) is 18.0 Å². The Morgan fingerprint density at radius 2 is 1.97 bits per heavy atom. The molecule has 10 heteroatoms. The van der Waals surface area contributed by atoms with Gasteiger partial charge in [-0.05, 0) is 49.6 Å². The number of aromatic nitrogens is 4. The maximum Gasteiger partial charge on any atom is 0.223 e. The van der Waals surface area contributed by atoms with Crippen LogP contribution in [0.25, 0.3) is 10.9 Å². The van der Waals surface area contributed by atoms with Crippen LogP contribution in [0.4, 0.5) is 14.7 Å². The number of nitrogens with one attached hydrogen (secondary N) is 2. The number of carbonyl (C=O) groups is 1. The molecule has 2 aromatic carbocycles. The lowest BCUT2D eigenvalue weighted by atomic mass is 9.89. The number of Topliss-reactive ketones (excluding diaryl/α,β-unsaturated/α-hetero) is 1. The van der Waals surface area contributed by atoms with Crippen LogP contribution in [-0.2, 0) is 4.74 Å². The van der Waals surface area contributed by atoms with Crippen molar-refractivity contribution >= 4 is 22.6 Å². The highest BCUT2D eigenvalue weighted by molar-refractivity contribution is 6.00. The number of aryl methyl sites for hydroxylation is 1. The molecule has 1 aliphatic rings. The number of fused-ring (bicyclic) bond motifs is 1. The average Bonchev–Trinajstić information content (AvgIpc) is 3.33. The minimum absolute atomic E-state index is 0.0311. The molecule has 1 fully saturated rings. The summed E-state index contributed by atoms with van der Waals surface area (Å²) in [5.74, 6) is -0.802. The van der Waals surface area contributed by atoms with Crippen LogP contribution in [0.2, 0.25) is 0 Å². The van der Waals surface area contributed by atoms with Crippen molar-refractivity contribution < 1.29 is 23.0 Å². The first kappa shape index (κ1) is 24.8. The van der Waals surface area contributed by atoms with E-state index in [0.717, 1.165) is 12.8 Å². The van der Waals surface area contributed by atoms with Crippen LogP contribution < -0.4 is 10.1 Å². The second-order valence-electron chi connectivity index (χ2n) is 9.11. The number of benzene rings is 2. The van der Waals surface area contributed by atoms with Gasteiger partial charge in [0.1, 0.15) is 11.6 Å². The molecule has 2 aromatic heterocycles. The first-order valence-corrected chi connectivity index (χ1v) is 12.1. The predicted molar refractivity (Wildman–Crippen MR) is 134 cm³/mol. The van der Waals surface area contributed by atoms with Gasteiger partial charge in [0, 0.05) is 55.2 Å². The van der Waals surface area contributed by atoms with Gasteiger partial charge in [-0.15, -0.1) is 0 Å². The van der Waals surface area contributed by atoms with Crippen molar-refractivity contribution in [3.8, 4) is 5.75 Å². The summed E-state index contributed by atoms with van der Waals surface area (Å²) in [6.07, 6.45) is 4.67. The third-order valence-corrected chi connectivity index (χ3v) is 6.59. The SMILES string of the molecule is COc1ccc([C@H](CC(=O)c2cc(F)c3cnc(NC4CCOCC4)nc3c2)c2cnc(C)[nH]2)cc1F. The molecular formula is C27H27F2N5O3. The van der Waals surface area contributed by atoms with Crippen LogP contribution in [0.15, 0.2) is 42.7 Å². The summed E-state index contributed by atoms with van der Waals surface area (Å²) in [4.78, 5) is 29.5. The zero-order valence-corrected chi connectivity index (χ0v) is 20.6. The summed E-state index contributed by atoms with van der Waals surface area (Å²) in [6, 6.07) is 7.51. The van der Waals surface area contributed by atoms with Gasteiger partial charge in [-0.3, -0.25) is 4.79 Å². The fraction of sp³-hybridized carbons (Fsp3) is 0.333. The molecule has 1 saturated heterocycles. The lowest BCUT2D eigenvalue weighted by Crippen LogP contribution is -2.28. The molecule has 0 aliphatic carbocycles. The normalized spacial score (nSPS) is 15.0. The van der Waals surface area contributed by atoms with Gasteiger partial charge in [0.15, 0.2) is 17.3 Å². The Labute approximate surface area is 212 Å². The van der Waals surface area contributed by atoms with E-state index in [1.54, 1.807) is 25.3 Å². The van der Waals surface area contributed by atoms with Crippen molar-refractivity contribution in [3.05, 3.63) is 77.0 Å². The number of rotatable bonds is 8. The molecular weight excluding hydrogens is 480 g/mol. The third-order valence-electron chi connectivity index (χ3n) is 6.59. The number of methoxy groups -OCH3 is 1. The van der Waals surface area contributed by atoms with E-state index >= 15 is 0 Å². The van der Waals surface area contributed by atoms with Crippen LogP contribution in [0, 0.1) is 18.6 Å². The Balaban J connectivity index is 1.44. The van der Waals surface area contributed by atoms with E-state index in [4.69, 9.17) is 9.47 Å². The van der Waals surface area contributed by atoms with Gasteiger partial charge in [-0.1, -0.05) is 6.07 Å². The standard InChI is InChI=1S/C27H27F2N5O3/c1-15-30-14-24(32-15)19(16-3-4-26(36-2)22(29)9-16)12-25(35)17-10-21(28)20-13-31-27(34-23(20)11-17)33-18-5-7-37-8-6-18/h3-4,9-11,13-14,18-19H,5-8,12H2,1-2H3,(H,30,32)(H,31,33,34)/t19-/m0/s1. The van der Waals surface area contributed by atoms with Crippen LogP contribution in [-0.4, -0.2) is 52.1 Å². The molecule has 1 atom stereocenters. The molecule has 0 saturated carbocycles. The molecule has 0 radical (unpaired) electrons. The van der Waals surface area contributed by atoms with E-state index in [0.29, 0.717) is 41.8 Å². The summed E-state index contributed by atoms with van der Waals surface area (Å²) in [6.45, 7) is 3.11. The molecule has 1 aliphatic heterocycles. The van der Waals surface area contributed by atoms with Crippen molar-refractivity contribution in [1.29, 1.82) is 0 Å². The Bertz CT molecular complexity index is 1440. The second-order valence-corrected chi connectivity index (χ2v) is 9.11. The zero-order valence-electron chi connectivity index (χ0n) is 20.6. The van der Waals surface area contributed by atoms with E-state index in [2.05, 4.69) is 25.3 Å². The van der Waals surface area contributed by atoms with Crippen molar-refractivity contribution in [3.63, 3.8) is 0 Å². The van der Waals surface area contributed by atoms with Crippen molar-refractivity contribution in [2.75, 3.05) is 25.6 Å². The molecule has 37 heavy (non-hydrogen) atoms. The smallest absolute Gasteiger partial charge is 0.223 e. The highest BCUT2D eigenvalue weighted by Gasteiger charge is 2.24. The Kier molecular flexibility index (Phi) is 7.09. The zero-order chi connectivity index (χ0) is 25.9. The van der Waals surface area contributed by atoms with Gasteiger partial charge in [-0.25, -0.2) is 23.7 Å². The summed E-state index contributed by atoms with van der Waals surface area (Å²) >= 11 is 0. The van der Waals surface area contributed by atoms with E-state index < -0.39 is 17.6 Å². The molecule has 0 amide bonds. The lowest BCUT2D eigenvalue weighted by molar-refractivity contribution is 0.0903. The van der Waals surface area contributed by atoms with Gasteiger partial charge in [0.2, 0.25) is 5.95 Å². The number of anilines is 1. The fourth-order valence-corrected chi connectivity index (χ4v) is 4.57. The summed E-state index contributed by atoms with van der Waals surface area (Å²) in [5.41, 5.74) is 1.73. The maximum atomic E-state index is 15.0. The van der Waals surface area contributed by atoms with Crippen molar-refractivity contribution in [2.45, 2.75) is 38.1 Å². The van der Waals surface area contributed by atoms with Gasteiger partial charge < -0.3 is 19.8 Å². The van der Waals surface area contributed by atoms with Crippen LogP contribution in [0.1, 0.15) is 52.6 Å². The molecule has 3 heterocycles. The number of hydrogen-bond donors (Lipinski definition) is 2. The quantitative estimate of drug-likeness (QED) is 0.326. The third kappa shape index (κ3) is 5.43. The maximum absolute atomic E-state index is 15.0. The van der Waals surface area contributed by atoms with Crippen LogP contribution >= 0.6 is 0 Å². The Morgan fingerprint density at radius 1 is 1.16 bits per heavy atom. The van der Waals surface area contributed by atoms with E-state index in [1.807, 2.05) is 0 Å². The number of imidazole rings is 1. The number of ketones is 1. The largest absolute Gasteiger partial charge is 0.494 e. The van der Waals surface area contributed by atoms with Crippen LogP contribution in [0.3, 0.4) is 0 Å². The first-order valence-electron chi connectivity index (χ1n) is 12.1. The minimum atomic E-state index is -0.581. The van der Waals surface area contributed by atoms with Gasteiger partial charge >= 0.3 is 0 Å². The number of nitrogens with zero attached hydrogens (tertiary/aromatic N) is 3. The molecule has 5 rings (SSSR count). The van der Waals surface area contributed by atoms with E-state index in [-0.39, 0.29) is 34.9 Å². The van der Waals surface area contributed by atoms with Crippen molar-refractivity contribution in [2.24, 2.45) is 0 Å². The van der Waals surface area contributed by atoms with Gasteiger partial charge in [-0.2, -0.15) is 0 Å². The Morgan fingerprint density at radius 3 is 2.68 bits per heavy atom. The highest BCUT2D eigenvalue weighted by Crippen LogP contribution is 2.32. The lowest BCUT2D eigenvalue weighted by Gasteiger charge is -2.23. The minimum Gasteiger partial charge on any atom is -0.494 e. The first-order chi connectivity index (χ1) is 17.9. The second kappa shape index (κ2) is 10.6. The molecule has 0 spiro atoms. The number of carbonyl (C=O) groups excluding carboxylic acids is 1. The number of aromatic amines is 1. The monoisotopic (exact) mass is 507 g/mol. The predicted octanol–water partition coefficient (Wildman–Crippen LogP) is 4.94. The van der Waals surface area contributed by atoms with E-state index in [1.165, 1.54) is 31.5 Å². The highest BCUT2D eigenvalue weighted by atomic mass is 19.1. The fourth-order valence-electron chi connectivity index (χ4n) is 4.57. The molecule has 192 valence electrons. The average molecular weight is 508 g/mol. The summed E-state index contributed by atoms with van der Waals surface area (Å²) in [5, 5.41) is 3.50. The van der Waals surface area contributed by atoms with Gasteiger partial charge in [0.25, 0.3) is 0 Å². The molecule has 0 unspecified atom stereocenters. The molecule has 8 nitrogen and oxygen atoms in total. The van der Waals surface area contributed by atoms with Crippen LogP contribution in [0.5, 0.6) is 5.75 Å². The molecule has 0 bridgehead atoms.